The van der Waals surface area contributed by atoms with Gasteiger partial charge in [0.2, 0.25) is 0 Å². The third-order valence-corrected chi connectivity index (χ3v) is 11.5. The fourth-order valence-electron chi connectivity index (χ4n) is 8.92. The van der Waals surface area contributed by atoms with Crippen molar-refractivity contribution in [2.75, 3.05) is 7.11 Å². The first-order valence-electron chi connectivity index (χ1n) is 13.0. The summed E-state index contributed by atoms with van der Waals surface area (Å²) in [5.74, 6) is 2.54. The van der Waals surface area contributed by atoms with E-state index in [-0.39, 0.29) is 33.7 Å². The van der Waals surface area contributed by atoms with Crippen LogP contribution in [0.5, 0.6) is 0 Å². The number of esters is 2. The molecule has 10 atom stereocenters. The Kier molecular flexibility index (Phi) is 7.08. The zero-order valence-electron chi connectivity index (χ0n) is 20.9. The number of rotatable bonds is 5. The van der Waals surface area contributed by atoms with Gasteiger partial charge in [0, 0.05) is 18.8 Å². The number of ketones is 1. The summed E-state index contributed by atoms with van der Waals surface area (Å²) < 4.78 is 10.4. The molecule has 0 unspecified atom stereocenters. The van der Waals surface area contributed by atoms with Gasteiger partial charge in [0.25, 0.3) is 0 Å². The Morgan fingerprint density at radius 1 is 1.15 bits per heavy atom. The molecule has 4 saturated carbocycles. The predicted molar refractivity (Wildman–Crippen MR) is 130 cm³/mol. The van der Waals surface area contributed by atoms with Crippen LogP contribution in [-0.4, -0.2) is 35.8 Å². The minimum absolute atomic E-state index is 0.0296. The number of Topliss-reactive ketones (excluding diaryl/α,β-unsaturated/α-hetero) is 1. The van der Waals surface area contributed by atoms with Crippen molar-refractivity contribution in [1.29, 1.82) is 0 Å². The number of hydrogen-bond donors (Lipinski definition) is 0. The van der Waals surface area contributed by atoms with Gasteiger partial charge >= 0.3 is 11.9 Å². The standard InChI is InChI=1S/C27H41BrO5/c1-15(6-11-22(30)32-5)20-9-10-21-19-8-7-17-14-18(33-16(2)29)12-13-26(17,3)23(19)24(28)25(31)27(20,21)4/h15,17-21,23-24H,6-14H2,1-5H3/t15-,17-,18+,19-,20+,21-,23+,24+,26-,27+/m0/s1. The van der Waals surface area contributed by atoms with E-state index in [4.69, 9.17) is 9.47 Å². The van der Waals surface area contributed by atoms with Gasteiger partial charge in [0.1, 0.15) is 6.10 Å². The molecule has 186 valence electrons. The van der Waals surface area contributed by atoms with Crippen molar-refractivity contribution in [2.45, 2.75) is 96.4 Å². The van der Waals surface area contributed by atoms with Crippen molar-refractivity contribution < 1.29 is 23.9 Å². The molecule has 0 aromatic rings. The number of hydrogen-bond acceptors (Lipinski definition) is 5. The maximum atomic E-state index is 14.1. The molecule has 4 aliphatic carbocycles. The number of methoxy groups -OCH3 is 1. The maximum absolute atomic E-state index is 14.1. The van der Waals surface area contributed by atoms with Crippen LogP contribution in [-0.2, 0) is 23.9 Å². The number of carbonyl (C=O) groups is 3. The molecular formula is C27H41BrO5. The van der Waals surface area contributed by atoms with Crippen LogP contribution in [0.2, 0.25) is 0 Å². The molecule has 4 rings (SSSR count). The summed E-state index contributed by atoms with van der Waals surface area (Å²) in [7, 11) is 1.44. The molecule has 0 aromatic heterocycles. The van der Waals surface area contributed by atoms with Crippen molar-refractivity contribution in [3.63, 3.8) is 0 Å². The zero-order chi connectivity index (χ0) is 24.1. The highest BCUT2D eigenvalue weighted by atomic mass is 79.9. The van der Waals surface area contributed by atoms with Crippen LogP contribution in [0.3, 0.4) is 0 Å². The largest absolute Gasteiger partial charge is 0.469 e. The van der Waals surface area contributed by atoms with Crippen LogP contribution in [0.15, 0.2) is 0 Å². The highest BCUT2D eigenvalue weighted by Crippen LogP contribution is 2.68. The fourth-order valence-corrected chi connectivity index (χ4v) is 10.4. The average Bonchev–Trinajstić information content (AvgIpc) is 3.13. The highest BCUT2D eigenvalue weighted by molar-refractivity contribution is 9.10. The number of alkyl halides is 1. The number of fused-ring (bicyclic) bond motifs is 5. The summed E-state index contributed by atoms with van der Waals surface area (Å²) in [6.07, 6.45) is 8.62. The summed E-state index contributed by atoms with van der Waals surface area (Å²) in [6, 6.07) is 0. The summed E-state index contributed by atoms with van der Waals surface area (Å²) >= 11 is 3.96. The zero-order valence-corrected chi connectivity index (χ0v) is 22.5. The minimum atomic E-state index is -0.316. The minimum Gasteiger partial charge on any atom is -0.469 e. The van der Waals surface area contributed by atoms with Gasteiger partial charge in [-0.15, -0.1) is 0 Å². The maximum Gasteiger partial charge on any atom is 0.305 e. The lowest BCUT2D eigenvalue weighted by atomic mass is 9.44. The Morgan fingerprint density at radius 3 is 2.55 bits per heavy atom. The molecule has 0 aliphatic heterocycles. The van der Waals surface area contributed by atoms with Gasteiger partial charge in [-0.25, -0.2) is 0 Å². The van der Waals surface area contributed by atoms with Gasteiger partial charge in [-0.2, -0.15) is 0 Å². The van der Waals surface area contributed by atoms with E-state index in [0.717, 1.165) is 44.9 Å². The molecule has 4 aliphatic rings. The summed E-state index contributed by atoms with van der Waals surface area (Å²) in [4.78, 5) is 37.2. The Bertz CT molecular complexity index is 797. The van der Waals surface area contributed by atoms with Crippen molar-refractivity contribution in [2.24, 2.45) is 46.3 Å². The highest BCUT2D eigenvalue weighted by Gasteiger charge is 2.66. The SMILES string of the molecule is COC(=O)CC[C@H](C)[C@H]1CC[C@H]2[C@@H]3CC[C@H]4C[C@H](OC(C)=O)CC[C@]4(C)[C@H]3[C@@H](Br)C(=O)[C@]12C. The van der Waals surface area contributed by atoms with Gasteiger partial charge in [-0.05, 0) is 92.3 Å². The van der Waals surface area contributed by atoms with Crippen molar-refractivity contribution in [3.8, 4) is 0 Å². The Morgan fingerprint density at radius 2 is 1.88 bits per heavy atom. The van der Waals surface area contributed by atoms with E-state index < -0.39 is 0 Å². The molecule has 5 nitrogen and oxygen atoms in total. The normalized spacial score (nSPS) is 45.4. The number of carbonyl (C=O) groups excluding carboxylic acids is 3. The van der Waals surface area contributed by atoms with Gasteiger partial charge in [0.05, 0.1) is 11.9 Å². The number of halogens is 1. The van der Waals surface area contributed by atoms with Gasteiger partial charge in [0.15, 0.2) is 5.78 Å². The lowest BCUT2D eigenvalue weighted by Crippen LogP contribution is -2.62. The molecule has 4 fully saturated rings. The third kappa shape index (κ3) is 4.10. The summed E-state index contributed by atoms with van der Waals surface area (Å²) in [5, 5.41) is 0. The molecule has 0 amide bonds. The smallest absolute Gasteiger partial charge is 0.305 e. The van der Waals surface area contributed by atoms with Crippen LogP contribution in [0.4, 0.5) is 0 Å². The molecule has 0 bridgehead atoms. The van der Waals surface area contributed by atoms with Crippen molar-refractivity contribution in [3.05, 3.63) is 0 Å². The van der Waals surface area contributed by atoms with Crippen LogP contribution in [0, 0.1) is 46.3 Å². The Labute approximate surface area is 207 Å². The van der Waals surface area contributed by atoms with E-state index in [9.17, 15) is 14.4 Å². The second-order valence-corrected chi connectivity index (χ2v) is 12.9. The molecule has 0 radical (unpaired) electrons. The van der Waals surface area contributed by atoms with E-state index in [1.807, 2.05) is 0 Å². The fraction of sp³-hybridized carbons (Fsp3) is 0.889. The first-order chi connectivity index (χ1) is 15.5. The third-order valence-electron chi connectivity index (χ3n) is 10.5. The summed E-state index contributed by atoms with van der Waals surface area (Å²) in [5.41, 5.74) is -0.206. The average molecular weight is 526 g/mol. The van der Waals surface area contributed by atoms with Gasteiger partial charge in [-0.3, -0.25) is 14.4 Å². The summed E-state index contributed by atoms with van der Waals surface area (Å²) in [6.45, 7) is 8.37. The first-order valence-corrected chi connectivity index (χ1v) is 13.9. The van der Waals surface area contributed by atoms with E-state index in [0.29, 0.717) is 47.7 Å². The lowest BCUT2D eigenvalue weighted by molar-refractivity contribution is -0.165. The molecule has 33 heavy (non-hydrogen) atoms. The second-order valence-electron chi connectivity index (χ2n) is 11.9. The lowest BCUT2D eigenvalue weighted by Gasteiger charge is -2.62. The van der Waals surface area contributed by atoms with Gasteiger partial charge in [-0.1, -0.05) is 36.7 Å². The topological polar surface area (TPSA) is 69.7 Å². The van der Waals surface area contributed by atoms with E-state index in [1.165, 1.54) is 20.5 Å². The van der Waals surface area contributed by atoms with Crippen molar-refractivity contribution >= 4 is 33.7 Å². The predicted octanol–water partition coefficient (Wildman–Crippen LogP) is 5.72. The van der Waals surface area contributed by atoms with Gasteiger partial charge < -0.3 is 9.47 Å². The monoisotopic (exact) mass is 524 g/mol. The second kappa shape index (κ2) is 9.28. The Hall–Kier alpha value is -0.910. The van der Waals surface area contributed by atoms with Crippen LogP contribution >= 0.6 is 15.9 Å². The van der Waals surface area contributed by atoms with Crippen LogP contribution in [0.25, 0.3) is 0 Å². The molecule has 6 heteroatoms. The molecule has 0 N–H and O–H groups in total. The molecular weight excluding hydrogens is 484 g/mol. The molecule has 0 spiro atoms. The van der Waals surface area contributed by atoms with Crippen LogP contribution < -0.4 is 0 Å². The van der Waals surface area contributed by atoms with Crippen molar-refractivity contribution in [1.82, 2.24) is 0 Å². The van der Waals surface area contributed by atoms with E-state index >= 15 is 0 Å². The molecule has 0 aromatic carbocycles. The van der Waals surface area contributed by atoms with E-state index in [2.05, 4.69) is 36.7 Å². The quantitative estimate of drug-likeness (QED) is 0.339. The molecule has 0 saturated heterocycles. The number of ether oxygens (including phenoxy) is 2. The molecule has 0 heterocycles. The van der Waals surface area contributed by atoms with Crippen LogP contribution in [0.1, 0.15) is 85.5 Å². The Balaban J connectivity index is 1.55. The first kappa shape index (κ1) is 25.2. The van der Waals surface area contributed by atoms with E-state index in [1.54, 1.807) is 0 Å².